The number of nitrogens with two attached hydrogens (primary N) is 1. The molecule has 3 aliphatic rings. The number of ether oxygens (including phenoxy) is 1. The molecule has 3 fully saturated rings. The van der Waals surface area contributed by atoms with Gasteiger partial charge in [-0.25, -0.2) is 4.79 Å². The number of aromatic hydroxyl groups is 1. The second kappa shape index (κ2) is 23.1. The number of esters is 1. The lowest BCUT2D eigenvalue weighted by molar-refractivity contribution is -0.168. The van der Waals surface area contributed by atoms with E-state index in [4.69, 9.17) is 10.5 Å². The number of carbonyl (C=O) groups excluding carboxylic acids is 9. The van der Waals surface area contributed by atoms with E-state index in [2.05, 4.69) is 21.3 Å². The molecule has 0 aromatic heterocycles. The molecule has 8 N–H and O–H groups in total. The number of aliphatic hydroxyl groups is 1. The van der Waals surface area contributed by atoms with E-state index in [1.807, 2.05) is 13.8 Å². The molecular formula is C46H70N8O12. The van der Waals surface area contributed by atoms with Gasteiger partial charge >= 0.3 is 5.97 Å². The number of nitrogens with one attached hydrogen (secondary N) is 4. The number of likely N-dealkylation sites (tertiary alicyclic amines) is 1. The molecule has 66 heavy (non-hydrogen) atoms. The molecule has 1 aromatic carbocycles. The first-order valence-corrected chi connectivity index (χ1v) is 23.0. The van der Waals surface area contributed by atoms with Gasteiger partial charge in [0.05, 0.1) is 0 Å². The summed E-state index contributed by atoms with van der Waals surface area (Å²) in [5, 5.41) is 32.3. The Kier molecular flexibility index (Phi) is 18.5. The average molecular weight is 927 g/mol. The predicted octanol–water partition coefficient (Wildman–Crippen LogP) is 0.206. The van der Waals surface area contributed by atoms with E-state index in [0.717, 1.165) is 9.80 Å². The van der Waals surface area contributed by atoms with Crippen LogP contribution in [0.2, 0.25) is 0 Å². The third kappa shape index (κ3) is 12.8. The number of hydrogen-bond donors (Lipinski definition) is 7. The van der Waals surface area contributed by atoms with E-state index in [1.165, 1.54) is 31.0 Å². The van der Waals surface area contributed by atoms with Crippen LogP contribution < -0.4 is 27.0 Å². The summed E-state index contributed by atoms with van der Waals surface area (Å²) in [7, 11) is 1.39. The standard InChI is InChI=1S/C46H70N8O12/c1-10-24(5)36-46(65)66-39-26(7)22-53(43(62)30(48-27(8)55)16-18-34(47)57)38(39)42(61)50-32(20-23(3)4)40(59)49-31-17-19-35(58)54(44(31)63)37(25(6)11-2)45(64)52(9)33(41(60)51-36)21-28-12-14-29(56)15-13-28/h12-15,23-26,30-33,35-39,56,58H,10-11,16-22H2,1-9H3,(H2,47,57)(H,48,55)(H,49,59)(H,50,61)(H,51,60)/t24-,25-,26?,30-,31?,32-,33-,35?,36-,37+,38?,39?/m0/s1. The van der Waals surface area contributed by atoms with Crippen molar-refractivity contribution in [3.63, 3.8) is 0 Å². The number of primary amides is 1. The van der Waals surface area contributed by atoms with Gasteiger partial charge in [-0.1, -0.05) is 73.4 Å². The zero-order valence-electron chi connectivity index (χ0n) is 39.6. The number of nitrogens with zero attached hydrogens (tertiary/aromatic N) is 3. The lowest BCUT2D eigenvalue weighted by atomic mass is 9.91. The van der Waals surface area contributed by atoms with E-state index < -0.39 is 126 Å². The molecule has 0 saturated carbocycles. The topological polar surface area (TPSA) is 287 Å². The van der Waals surface area contributed by atoms with Crippen molar-refractivity contribution >= 4 is 53.2 Å². The third-order valence-electron chi connectivity index (χ3n) is 13.1. The van der Waals surface area contributed by atoms with Crippen LogP contribution in [0, 0.1) is 23.7 Å². The van der Waals surface area contributed by atoms with Crippen molar-refractivity contribution in [3.05, 3.63) is 29.8 Å². The molecule has 2 bridgehead atoms. The van der Waals surface area contributed by atoms with Gasteiger partial charge in [0.15, 0.2) is 0 Å². The molecule has 5 unspecified atom stereocenters. The SMILES string of the molecule is CC[C@H](C)[C@@H]1NC(=O)[C@H](Cc2ccc(O)cc2)N(C)C(=O)[C@@H]([C@@H](C)CC)N2C(=O)C(CCC2O)NC(=O)[C@H](CC(C)C)NC(=O)C2C(OC1=O)C(C)CN2C(=O)[C@H](CCC(N)=O)NC(C)=O. The molecule has 1 aromatic rings. The van der Waals surface area contributed by atoms with E-state index in [0.29, 0.717) is 18.4 Å². The number of rotatable bonds is 13. The first kappa shape index (κ1) is 52.8. The van der Waals surface area contributed by atoms with Crippen molar-refractivity contribution in [2.75, 3.05) is 13.6 Å². The van der Waals surface area contributed by atoms with Gasteiger partial charge < -0.3 is 56.7 Å². The number of phenolic OH excluding ortho intramolecular Hbond substituents is 1. The number of fused-ring (bicyclic) bond motifs is 3. The quantitative estimate of drug-likeness (QED) is 0.131. The summed E-state index contributed by atoms with van der Waals surface area (Å²) >= 11 is 0. The summed E-state index contributed by atoms with van der Waals surface area (Å²) in [5.74, 6) is -9.06. The normalized spacial score (nSPS) is 28.4. The molecule has 3 saturated heterocycles. The van der Waals surface area contributed by atoms with Gasteiger partial charge in [-0.05, 0) is 61.1 Å². The first-order chi connectivity index (χ1) is 31.0. The number of carbonyl (C=O) groups is 9. The molecule has 12 atom stereocenters. The van der Waals surface area contributed by atoms with E-state index >= 15 is 0 Å². The molecule has 20 heteroatoms. The van der Waals surface area contributed by atoms with Gasteiger partial charge in [-0.3, -0.25) is 38.4 Å². The highest BCUT2D eigenvalue weighted by atomic mass is 16.5. The van der Waals surface area contributed by atoms with Crippen molar-refractivity contribution in [2.45, 2.75) is 161 Å². The van der Waals surface area contributed by atoms with Crippen LogP contribution in [0.1, 0.15) is 106 Å². The summed E-state index contributed by atoms with van der Waals surface area (Å²) < 4.78 is 6.19. The van der Waals surface area contributed by atoms with Crippen LogP contribution >= 0.6 is 0 Å². The van der Waals surface area contributed by atoms with Crippen LogP contribution in [0.5, 0.6) is 5.75 Å². The molecule has 0 spiro atoms. The highest BCUT2D eigenvalue weighted by molar-refractivity contribution is 5.98. The molecule has 366 valence electrons. The highest BCUT2D eigenvalue weighted by Crippen LogP contribution is 2.31. The molecule has 8 amide bonds. The number of aliphatic hydroxyl groups excluding tert-OH is 1. The third-order valence-corrected chi connectivity index (χ3v) is 13.1. The van der Waals surface area contributed by atoms with E-state index in [1.54, 1.807) is 46.8 Å². The van der Waals surface area contributed by atoms with Crippen molar-refractivity contribution in [1.29, 1.82) is 0 Å². The van der Waals surface area contributed by atoms with Gasteiger partial charge in [-0.2, -0.15) is 0 Å². The van der Waals surface area contributed by atoms with Crippen molar-refractivity contribution in [2.24, 2.45) is 29.4 Å². The maximum absolute atomic E-state index is 14.9. The Morgan fingerprint density at radius 1 is 0.894 bits per heavy atom. The Hall–Kier alpha value is -5.79. The fourth-order valence-corrected chi connectivity index (χ4v) is 8.91. The average Bonchev–Trinajstić information content (AvgIpc) is 3.58. The maximum atomic E-state index is 14.9. The van der Waals surface area contributed by atoms with Crippen LogP contribution in [0.15, 0.2) is 24.3 Å². The summed E-state index contributed by atoms with van der Waals surface area (Å²) in [6.07, 6.45) is -2.68. The van der Waals surface area contributed by atoms with Crippen LogP contribution in [0.4, 0.5) is 0 Å². The minimum atomic E-state index is -1.59. The Bertz CT molecular complexity index is 1960. The van der Waals surface area contributed by atoms with Crippen LogP contribution in [0.25, 0.3) is 0 Å². The Labute approximate surface area is 386 Å². The molecule has 0 radical (unpaired) electrons. The fourth-order valence-electron chi connectivity index (χ4n) is 8.91. The molecule has 0 aliphatic carbocycles. The molecule has 20 nitrogen and oxygen atoms in total. The summed E-state index contributed by atoms with van der Waals surface area (Å²) in [6.45, 7) is 13.3. The Morgan fingerprint density at radius 3 is 2.11 bits per heavy atom. The number of piperidine rings is 1. The monoisotopic (exact) mass is 927 g/mol. The molecular weight excluding hydrogens is 857 g/mol. The largest absolute Gasteiger partial charge is 0.508 e. The predicted molar refractivity (Wildman–Crippen MR) is 239 cm³/mol. The second-order valence-electron chi connectivity index (χ2n) is 18.7. The first-order valence-electron chi connectivity index (χ1n) is 23.0. The summed E-state index contributed by atoms with van der Waals surface area (Å²) in [6, 6.07) is -3.48. The minimum absolute atomic E-state index is 0.0129. The lowest BCUT2D eigenvalue weighted by Crippen LogP contribution is -2.66. The smallest absolute Gasteiger partial charge is 0.329 e. The number of likely N-dealkylation sites (N-methyl/N-ethyl adjacent to an activating group) is 1. The van der Waals surface area contributed by atoms with Gasteiger partial charge in [-0.15, -0.1) is 0 Å². The van der Waals surface area contributed by atoms with E-state index in [-0.39, 0.29) is 56.7 Å². The van der Waals surface area contributed by atoms with Crippen molar-refractivity contribution in [1.82, 2.24) is 36.0 Å². The maximum Gasteiger partial charge on any atom is 0.329 e. The number of benzene rings is 1. The Balaban J connectivity index is 1.93. The van der Waals surface area contributed by atoms with E-state index in [9.17, 15) is 53.4 Å². The van der Waals surface area contributed by atoms with Crippen LogP contribution in [-0.4, -0.2) is 146 Å². The Morgan fingerprint density at radius 2 is 1.53 bits per heavy atom. The van der Waals surface area contributed by atoms with Gasteiger partial charge in [0.25, 0.3) is 0 Å². The van der Waals surface area contributed by atoms with Crippen LogP contribution in [0.3, 0.4) is 0 Å². The summed E-state index contributed by atoms with van der Waals surface area (Å²) in [5.41, 5.74) is 5.93. The molecule has 3 aliphatic heterocycles. The van der Waals surface area contributed by atoms with Crippen molar-refractivity contribution in [3.8, 4) is 5.75 Å². The molecule has 3 heterocycles. The van der Waals surface area contributed by atoms with Gasteiger partial charge in [0, 0.05) is 39.3 Å². The number of amides is 8. The zero-order valence-corrected chi connectivity index (χ0v) is 39.6. The minimum Gasteiger partial charge on any atom is -0.508 e. The number of hydrogen-bond acceptors (Lipinski definition) is 12. The second-order valence-corrected chi connectivity index (χ2v) is 18.7. The highest BCUT2D eigenvalue weighted by Gasteiger charge is 2.52. The lowest BCUT2D eigenvalue weighted by Gasteiger charge is -2.44. The van der Waals surface area contributed by atoms with Gasteiger partial charge in [0.1, 0.15) is 60.4 Å². The summed E-state index contributed by atoms with van der Waals surface area (Å²) in [4.78, 5) is 130. The molecule has 4 rings (SSSR count). The fraction of sp³-hybridized carbons (Fsp3) is 0.674. The zero-order chi connectivity index (χ0) is 49.3. The van der Waals surface area contributed by atoms with Crippen molar-refractivity contribution < 1.29 is 58.1 Å². The number of phenols is 1. The van der Waals surface area contributed by atoms with Crippen LogP contribution in [-0.2, 0) is 54.3 Å². The van der Waals surface area contributed by atoms with Gasteiger partial charge in [0.2, 0.25) is 47.3 Å².